The van der Waals surface area contributed by atoms with Crippen LogP contribution in [0, 0.1) is 0 Å². The Bertz CT molecular complexity index is 398. The van der Waals surface area contributed by atoms with Gasteiger partial charge in [0.1, 0.15) is 5.60 Å². The standard InChI is InChI=1S/C16H24O3/c1-15(2)10-9-14(16(3,17)12-19-15)18-11-13-7-5-4-6-8-13/h4-8,14,17H,9-12H2,1-3H3/t14-,16-/m0/s1. The number of ether oxygens (including phenoxy) is 2. The molecule has 0 saturated carbocycles. The zero-order valence-electron chi connectivity index (χ0n) is 12.1. The molecule has 3 heteroatoms. The van der Waals surface area contributed by atoms with Crippen molar-refractivity contribution >= 4 is 0 Å². The summed E-state index contributed by atoms with van der Waals surface area (Å²) in [5.74, 6) is 0. The van der Waals surface area contributed by atoms with E-state index in [1.165, 1.54) is 0 Å². The van der Waals surface area contributed by atoms with E-state index in [1.54, 1.807) is 6.92 Å². The molecule has 1 heterocycles. The van der Waals surface area contributed by atoms with Gasteiger partial charge in [0.15, 0.2) is 0 Å². The van der Waals surface area contributed by atoms with Gasteiger partial charge in [0.2, 0.25) is 0 Å². The zero-order valence-corrected chi connectivity index (χ0v) is 12.1. The summed E-state index contributed by atoms with van der Waals surface area (Å²) in [5.41, 5.74) is 0.0138. The maximum absolute atomic E-state index is 10.5. The second kappa shape index (κ2) is 5.61. The van der Waals surface area contributed by atoms with Gasteiger partial charge >= 0.3 is 0 Å². The fraction of sp³-hybridized carbons (Fsp3) is 0.625. The second-order valence-electron chi connectivity index (χ2n) is 6.23. The van der Waals surface area contributed by atoms with Crippen molar-refractivity contribution in [2.24, 2.45) is 0 Å². The highest BCUT2D eigenvalue weighted by Crippen LogP contribution is 2.30. The highest BCUT2D eigenvalue weighted by molar-refractivity contribution is 5.13. The van der Waals surface area contributed by atoms with Gasteiger partial charge in [-0.2, -0.15) is 0 Å². The molecule has 1 aliphatic rings. The van der Waals surface area contributed by atoms with Crippen LogP contribution in [-0.2, 0) is 16.1 Å². The zero-order chi connectivity index (χ0) is 13.9. The average Bonchev–Trinajstić information content (AvgIpc) is 2.47. The Morgan fingerprint density at radius 2 is 1.95 bits per heavy atom. The Hall–Kier alpha value is -0.900. The summed E-state index contributed by atoms with van der Waals surface area (Å²) in [5, 5.41) is 10.5. The SMILES string of the molecule is CC1(C)CC[C@H](OCc2ccccc2)[C@@](C)(O)CO1. The molecular weight excluding hydrogens is 240 g/mol. The third-order valence-electron chi connectivity index (χ3n) is 3.75. The number of hydrogen-bond donors (Lipinski definition) is 1. The van der Waals surface area contributed by atoms with Gasteiger partial charge < -0.3 is 14.6 Å². The molecular formula is C16H24O3. The number of aliphatic hydroxyl groups is 1. The topological polar surface area (TPSA) is 38.7 Å². The molecule has 0 spiro atoms. The summed E-state index contributed by atoms with van der Waals surface area (Å²) in [6.45, 7) is 6.76. The molecule has 2 rings (SSSR count). The van der Waals surface area contributed by atoms with Crippen LogP contribution >= 0.6 is 0 Å². The molecule has 2 atom stereocenters. The molecule has 1 N–H and O–H groups in total. The van der Waals surface area contributed by atoms with Crippen molar-refractivity contribution in [3.63, 3.8) is 0 Å². The van der Waals surface area contributed by atoms with E-state index in [9.17, 15) is 5.11 Å². The van der Waals surface area contributed by atoms with Crippen LogP contribution < -0.4 is 0 Å². The lowest BCUT2D eigenvalue weighted by atomic mass is 9.94. The molecule has 19 heavy (non-hydrogen) atoms. The summed E-state index contributed by atoms with van der Waals surface area (Å²) < 4.78 is 11.7. The summed E-state index contributed by atoms with van der Waals surface area (Å²) in [6, 6.07) is 10.0. The minimum atomic E-state index is -0.928. The van der Waals surface area contributed by atoms with Crippen molar-refractivity contribution in [3.8, 4) is 0 Å². The first kappa shape index (κ1) is 14.5. The summed E-state index contributed by atoms with van der Waals surface area (Å²) in [7, 11) is 0. The largest absolute Gasteiger partial charge is 0.385 e. The minimum Gasteiger partial charge on any atom is -0.385 e. The van der Waals surface area contributed by atoms with Gasteiger partial charge in [0, 0.05) is 0 Å². The van der Waals surface area contributed by atoms with E-state index in [1.807, 2.05) is 30.3 Å². The molecule has 1 saturated heterocycles. The lowest BCUT2D eigenvalue weighted by Crippen LogP contribution is -2.44. The van der Waals surface area contributed by atoms with Crippen molar-refractivity contribution in [3.05, 3.63) is 35.9 Å². The van der Waals surface area contributed by atoms with Crippen LogP contribution in [0.15, 0.2) is 30.3 Å². The maximum Gasteiger partial charge on any atom is 0.111 e. The fourth-order valence-corrected chi connectivity index (χ4v) is 2.33. The Morgan fingerprint density at radius 1 is 1.26 bits per heavy atom. The third-order valence-corrected chi connectivity index (χ3v) is 3.75. The first-order chi connectivity index (χ1) is 8.89. The smallest absolute Gasteiger partial charge is 0.111 e. The van der Waals surface area contributed by atoms with Gasteiger partial charge in [-0.3, -0.25) is 0 Å². The van der Waals surface area contributed by atoms with Crippen molar-refractivity contribution in [2.75, 3.05) is 6.61 Å². The lowest BCUT2D eigenvalue weighted by Gasteiger charge is -2.30. The minimum absolute atomic E-state index is 0.186. The molecule has 1 aromatic carbocycles. The fourth-order valence-electron chi connectivity index (χ4n) is 2.33. The van der Waals surface area contributed by atoms with E-state index in [0.717, 1.165) is 18.4 Å². The predicted octanol–water partition coefficient (Wildman–Crippen LogP) is 2.91. The predicted molar refractivity (Wildman–Crippen MR) is 74.9 cm³/mol. The Kier molecular flexibility index (Phi) is 4.29. The van der Waals surface area contributed by atoms with Gasteiger partial charge in [-0.05, 0) is 39.2 Å². The summed E-state index contributed by atoms with van der Waals surface area (Å²) in [6.07, 6.45) is 1.52. The van der Waals surface area contributed by atoms with Crippen LogP contribution in [0.3, 0.4) is 0 Å². The summed E-state index contributed by atoms with van der Waals surface area (Å²) in [4.78, 5) is 0. The van der Waals surface area contributed by atoms with Crippen LogP contribution in [-0.4, -0.2) is 29.0 Å². The van der Waals surface area contributed by atoms with Crippen molar-refractivity contribution < 1.29 is 14.6 Å². The van der Waals surface area contributed by atoms with Crippen LogP contribution in [0.25, 0.3) is 0 Å². The highest BCUT2D eigenvalue weighted by atomic mass is 16.5. The van der Waals surface area contributed by atoms with E-state index in [0.29, 0.717) is 13.2 Å². The number of hydrogen-bond acceptors (Lipinski definition) is 3. The highest BCUT2D eigenvalue weighted by Gasteiger charge is 2.39. The monoisotopic (exact) mass is 264 g/mol. The summed E-state index contributed by atoms with van der Waals surface area (Å²) >= 11 is 0. The Labute approximate surface area is 115 Å². The van der Waals surface area contributed by atoms with Gasteiger partial charge in [-0.15, -0.1) is 0 Å². The van der Waals surface area contributed by atoms with Crippen molar-refractivity contribution in [1.29, 1.82) is 0 Å². The lowest BCUT2D eigenvalue weighted by molar-refractivity contribution is -0.140. The maximum atomic E-state index is 10.5. The van der Waals surface area contributed by atoms with Crippen LogP contribution in [0.1, 0.15) is 39.2 Å². The average molecular weight is 264 g/mol. The molecule has 106 valence electrons. The number of benzene rings is 1. The van der Waals surface area contributed by atoms with Crippen molar-refractivity contribution in [2.45, 2.75) is 57.5 Å². The van der Waals surface area contributed by atoms with E-state index in [-0.39, 0.29) is 11.7 Å². The molecule has 1 aromatic rings. The Morgan fingerprint density at radius 3 is 2.63 bits per heavy atom. The van der Waals surface area contributed by atoms with E-state index >= 15 is 0 Å². The van der Waals surface area contributed by atoms with Gasteiger partial charge in [-0.25, -0.2) is 0 Å². The second-order valence-corrected chi connectivity index (χ2v) is 6.23. The van der Waals surface area contributed by atoms with Gasteiger partial charge in [0.05, 0.1) is 24.9 Å². The first-order valence-corrected chi connectivity index (χ1v) is 6.91. The molecule has 3 nitrogen and oxygen atoms in total. The molecule has 0 radical (unpaired) electrons. The third kappa shape index (κ3) is 4.03. The van der Waals surface area contributed by atoms with Crippen LogP contribution in [0.5, 0.6) is 0 Å². The van der Waals surface area contributed by atoms with E-state index in [2.05, 4.69) is 13.8 Å². The first-order valence-electron chi connectivity index (χ1n) is 6.91. The van der Waals surface area contributed by atoms with Gasteiger partial charge in [-0.1, -0.05) is 30.3 Å². The van der Waals surface area contributed by atoms with Crippen LogP contribution in [0.4, 0.5) is 0 Å². The molecule has 0 bridgehead atoms. The molecule has 0 aliphatic carbocycles. The number of rotatable bonds is 3. The molecule has 0 aromatic heterocycles. The molecule has 0 unspecified atom stereocenters. The molecule has 0 amide bonds. The Balaban J connectivity index is 1.98. The molecule has 1 fully saturated rings. The molecule has 1 aliphatic heterocycles. The quantitative estimate of drug-likeness (QED) is 0.912. The van der Waals surface area contributed by atoms with Gasteiger partial charge in [0.25, 0.3) is 0 Å². The van der Waals surface area contributed by atoms with Crippen molar-refractivity contribution in [1.82, 2.24) is 0 Å². The van der Waals surface area contributed by atoms with E-state index in [4.69, 9.17) is 9.47 Å². The van der Waals surface area contributed by atoms with E-state index < -0.39 is 5.60 Å². The normalized spacial score (nSPS) is 30.8. The van der Waals surface area contributed by atoms with Crippen LogP contribution in [0.2, 0.25) is 0 Å².